The van der Waals surface area contributed by atoms with Crippen molar-refractivity contribution in [2.24, 2.45) is 5.92 Å². The van der Waals surface area contributed by atoms with Crippen molar-refractivity contribution in [2.45, 2.75) is 27.2 Å². The SMILES string of the molecule is Cc1cc(NCCC(C)C)nc(NCCN2CCOCC2)n1. The van der Waals surface area contributed by atoms with Crippen molar-refractivity contribution >= 4 is 11.8 Å². The van der Waals surface area contributed by atoms with E-state index in [1.807, 2.05) is 13.0 Å². The van der Waals surface area contributed by atoms with E-state index in [2.05, 4.69) is 39.3 Å². The highest BCUT2D eigenvalue weighted by atomic mass is 16.5. The van der Waals surface area contributed by atoms with Crippen molar-refractivity contribution in [1.29, 1.82) is 0 Å². The fourth-order valence-electron chi connectivity index (χ4n) is 2.38. The lowest BCUT2D eigenvalue weighted by Crippen LogP contribution is -2.39. The summed E-state index contributed by atoms with van der Waals surface area (Å²) in [6, 6.07) is 1.99. The zero-order chi connectivity index (χ0) is 15.8. The predicted octanol–water partition coefficient (Wildman–Crippen LogP) is 1.99. The summed E-state index contributed by atoms with van der Waals surface area (Å²) in [5.41, 5.74) is 0.982. The average Bonchev–Trinajstić information content (AvgIpc) is 2.47. The van der Waals surface area contributed by atoms with E-state index in [1.54, 1.807) is 0 Å². The van der Waals surface area contributed by atoms with E-state index in [1.165, 1.54) is 0 Å². The third-order valence-corrected chi connectivity index (χ3v) is 3.70. The Morgan fingerprint density at radius 1 is 1.18 bits per heavy atom. The van der Waals surface area contributed by atoms with Crippen LogP contribution in [0.3, 0.4) is 0 Å². The Labute approximate surface area is 133 Å². The van der Waals surface area contributed by atoms with Gasteiger partial charge in [0.2, 0.25) is 5.95 Å². The second kappa shape index (κ2) is 8.90. The van der Waals surface area contributed by atoms with Gasteiger partial charge in [0, 0.05) is 44.5 Å². The van der Waals surface area contributed by atoms with Gasteiger partial charge in [-0.1, -0.05) is 13.8 Å². The number of hydrogen-bond donors (Lipinski definition) is 2. The van der Waals surface area contributed by atoms with Gasteiger partial charge in [0.05, 0.1) is 13.2 Å². The number of nitrogens with zero attached hydrogens (tertiary/aromatic N) is 3. The van der Waals surface area contributed by atoms with Crippen molar-refractivity contribution < 1.29 is 4.74 Å². The molecule has 2 rings (SSSR count). The molecule has 6 nitrogen and oxygen atoms in total. The first-order valence-electron chi connectivity index (χ1n) is 8.27. The fraction of sp³-hybridized carbons (Fsp3) is 0.750. The van der Waals surface area contributed by atoms with Crippen molar-refractivity contribution in [3.8, 4) is 0 Å². The normalized spacial score (nSPS) is 16.0. The number of hydrogen-bond acceptors (Lipinski definition) is 6. The first-order valence-corrected chi connectivity index (χ1v) is 8.27. The van der Waals surface area contributed by atoms with Gasteiger partial charge in [-0.05, 0) is 19.3 Å². The Bertz CT molecular complexity index is 446. The molecule has 1 aliphatic rings. The highest BCUT2D eigenvalue weighted by Crippen LogP contribution is 2.10. The van der Waals surface area contributed by atoms with Crippen LogP contribution >= 0.6 is 0 Å². The standard InChI is InChI=1S/C16H29N5O/c1-13(2)4-5-17-15-12-14(3)19-16(20-15)18-6-7-21-8-10-22-11-9-21/h12-13H,4-11H2,1-3H3,(H2,17,18,19,20). The molecular formula is C16H29N5O. The van der Waals surface area contributed by atoms with Gasteiger partial charge in [-0.3, -0.25) is 4.90 Å². The molecule has 0 aromatic carbocycles. The van der Waals surface area contributed by atoms with Crippen LogP contribution in [0, 0.1) is 12.8 Å². The van der Waals surface area contributed by atoms with Gasteiger partial charge < -0.3 is 15.4 Å². The summed E-state index contributed by atoms with van der Waals surface area (Å²) in [6.45, 7) is 13.0. The molecule has 124 valence electrons. The molecule has 0 radical (unpaired) electrons. The zero-order valence-electron chi connectivity index (χ0n) is 14.1. The van der Waals surface area contributed by atoms with Crippen LogP contribution in [0.2, 0.25) is 0 Å². The second-order valence-electron chi connectivity index (χ2n) is 6.21. The quantitative estimate of drug-likeness (QED) is 0.766. The second-order valence-corrected chi connectivity index (χ2v) is 6.21. The molecule has 0 bridgehead atoms. The molecule has 1 saturated heterocycles. The minimum atomic E-state index is 0.696. The van der Waals surface area contributed by atoms with Gasteiger partial charge >= 0.3 is 0 Å². The highest BCUT2D eigenvalue weighted by Gasteiger charge is 2.09. The maximum atomic E-state index is 5.35. The molecule has 0 spiro atoms. The van der Waals surface area contributed by atoms with Crippen LogP contribution in [0.15, 0.2) is 6.07 Å². The summed E-state index contributed by atoms with van der Waals surface area (Å²) in [7, 11) is 0. The molecule has 2 N–H and O–H groups in total. The molecule has 1 fully saturated rings. The monoisotopic (exact) mass is 307 g/mol. The van der Waals surface area contributed by atoms with Gasteiger partial charge in [0.1, 0.15) is 5.82 Å². The van der Waals surface area contributed by atoms with E-state index in [-0.39, 0.29) is 0 Å². The van der Waals surface area contributed by atoms with Crippen LogP contribution in [-0.2, 0) is 4.74 Å². The third-order valence-electron chi connectivity index (χ3n) is 3.70. The Morgan fingerprint density at radius 3 is 2.68 bits per heavy atom. The van der Waals surface area contributed by atoms with E-state index in [0.29, 0.717) is 11.9 Å². The van der Waals surface area contributed by atoms with Gasteiger partial charge in [-0.25, -0.2) is 4.98 Å². The lowest BCUT2D eigenvalue weighted by atomic mass is 10.1. The van der Waals surface area contributed by atoms with Gasteiger partial charge in [0.25, 0.3) is 0 Å². The first-order chi connectivity index (χ1) is 10.6. The molecular weight excluding hydrogens is 278 g/mol. The summed E-state index contributed by atoms with van der Waals surface area (Å²) < 4.78 is 5.35. The molecule has 1 aromatic rings. The Kier molecular flexibility index (Phi) is 6.86. The minimum Gasteiger partial charge on any atom is -0.379 e. The largest absolute Gasteiger partial charge is 0.379 e. The number of rotatable bonds is 8. The van der Waals surface area contributed by atoms with Crippen LogP contribution in [0.5, 0.6) is 0 Å². The van der Waals surface area contributed by atoms with E-state index in [4.69, 9.17) is 4.74 Å². The topological polar surface area (TPSA) is 62.3 Å². The van der Waals surface area contributed by atoms with Crippen molar-refractivity contribution in [1.82, 2.24) is 14.9 Å². The number of aromatic nitrogens is 2. The van der Waals surface area contributed by atoms with Gasteiger partial charge in [0.15, 0.2) is 0 Å². The van der Waals surface area contributed by atoms with Crippen molar-refractivity contribution in [3.05, 3.63) is 11.8 Å². The summed E-state index contributed by atoms with van der Waals surface area (Å²) in [5, 5.41) is 6.71. The van der Waals surface area contributed by atoms with Crippen LogP contribution in [-0.4, -0.2) is 60.8 Å². The van der Waals surface area contributed by atoms with Gasteiger partial charge in [-0.15, -0.1) is 0 Å². The fourth-order valence-corrected chi connectivity index (χ4v) is 2.38. The third kappa shape index (κ3) is 6.15. The summed E-state index contributed by atoms with van der Waals surface area (Å²) in [5.74, 6) is 2.31. The van der Waals surface area contributed by atoms with E-state index < -0.39 is 0 Å². The molecule has 2 heterocycles. The summed E-state index contributed by atoms with van der Waals surface area (Å²) in [6.07, 6.45) is 1.14. The van der Waals surface area contributed by atoms with Crippen LogP contribution in [0.25, 0.3) is 0 Å². The maximum absolute atomic E-state index is 5.35. The van der Waals surface area contributed by atoms with Crippen LogP contribution in [0.4, 0.5) is 11.8 Å². The molecule has 6 heteroatoms. The minimum absolute atomic E-state index is 0.696. The molecule has 22 heavy (non-hydrogen) atoms. The molecule has 0 saturated carbocycles. The molecule has 0 amide bonds. The Morgan fingerprint density at radius 2 is 1.95 bits per heavy atom. The molecule has 0 aliphatic carbocycles. The lowest BCUT2D eigenvalue weighted by molar-refractivity contribution is 0.0398. The summed E-state index contributed by atoms with van der Waals surface area (Å²) >= 11 is 0. The zero-order valence-corrected chi connectivity index (χ0v) is 14.1. The van der Waals surface area contributed by atoms with E-state index in [9.17, 15) is 0 Å². The van der Waals surface area contributed by atoms with E-state index >= 15 is 0 Å². The molecule has 1 aliphatic heterocycles. The van der Waals surface area contributed by atoms with Crippen molar-refractivity contribution in [3.63, 3.8) is 0 Å². The van der Waals surface area contributed by atoms with Gasteiger partial charge in [-0.2, -0.15) is 4.98 Å². The number of anilines is 2. The molecule has 0 atom stereocenters. The average molecular weight is 307 g/mol. The maximum Gasteiger partial charge on any atom is 0.224 e. The Hall–Kier alpha value is -1.40. The lowest BCUT2D eigenvalue weighted by Gasteiger charge is -2.26. The highest BCUT2D eigenvalue weighted by molar-refractivity contribution is 5.42. The number of nitrogens with one attached hydrogen (secondary N) is 2. The molecule has 0 unspecified atom stereocenters. The number of aryl methyl sites for hydroxylation is 1. The molecule has 1 aromatic heterocycles. The number of ether oxygens (including phenoxy) is 1. The van der Waals surface area contributed by atoms with Crippen LogP contribution < -0.4 is 10.6 Å². The summed E-state index contributed by atoms with van der Waals surface area (Å²) in [4.78, 5) is 11.4. The van der Waals surface area contributed by atoms with Crippen LogP contribution in [0.1, 0.15) is 26.0 Å². The van der Waals surface area contributed by atoms with Crippen molar-refractivity contribution in [2.75, 3.05) is 56.6 Å². The smallest absolute Gasteiger partial charge is 0.224 e. The first kappa shape index (κ1) is 17.0. The predicted molar refractivity (Wildman–Crippen MR) is 90.5 cm³/mol. The van der Waals surface area contributed by atoms with E-state index in [0.717, 1.165) is 63.9 Å². The Balaban J connectivity index is 1.78. The number of morpholine rings is 1.